The average Bonchev–Trinajstić information content (AvgIpc) is 2.92. The van der Waals surface area contributed by atoms with Gasteiger partial charge in [0.2, 0.25) is 0 Å². The van der Waals surface area contributed by atoms with Gasteiger partial charge in [0, 0.05) is 31.4 Å². The van der Waals surface area contributed by atoms with Crippen molar-refractivity contribution in [2.24, 2.45) is 0 Å². The van der Waals surface area contributed by atoms with E-state index in [0.717, 1.165) is 19.4 Å². The fourth-order valence-electron chi connectivity index (χ4n) is 3.48. The molecule has 1 N–H and O–H groups in total. The summed E-state index contributed by atoms with van der Waals surface area (Å²) in [6, 6.07) is 0.158. The highest BCUT2D eigenvalue weighted by molar-refractivity contribution is 5.96. The molecule has 1 aromatic rings. The Labute approximate surface area is 158 Å². The highest BCUT2D eigenvalue weighted by Crippen LogP contribution is 2.35. The van der Waals surface area contributed by atoms with Crippen LogP contribution in [0, 0.1) is 6.92 Å². The van der Waals surface area contributed by atoms with Gasteiger partial charge < -0.3 is 10.2 Å². The van der Waals surface area contributed by atoms with Crippen molar-refractivity contribution in [1.82, 2.24) is 24.9 Å². The number of rotatable bonds is 6. The molecule has 27 heavy (non-hydrogen) atoms. The Kier molecular flexibility index (Phi) is 6.91. The van der Waals surface area contributed by atoms with Gasteiger partial charge in [-0.1, -0.05) is 0 Å². The van der Waals surface area contributed by atoms with Gasteiger partial charge in [0.25, 0.3) is 5.91 Å². The highest BCUT2D eigenvalue weighted by atomic mass is 19.4. The van der Waals surface area contributed by atoms with Gasteiger partial charge in [0.05, 0.1) is 11.6 Å². The normalized spacial score (nSPS) is 19.1. The molecule has 1 aliphatic rings. The minimum absolute atomic E-state index is 0.162. The molecule has 0 spiro atoms. The largest absolute Gasteiger partial charge is 0.435 e. The first kappa shape index (κ1) is 21.7. The first-order chi connectivity index (χ1) is 12.5. The molecule has 9 heteroatoms. The van der Waals surface area contributed by atoms with Gasteiger partial charge in [-0.2, -0.15) is 18.3 Å². The summed E-state index contributed by atoms with van der Waals surface area (Å²) in [4.78, 5) is 16.6. The van der Waals surface area contributed by atoms with Gasteiger partial charge >= 0.3 is 6.18 Å². The number of alkyl halides is 3. The number of carbonyl (C=O) groups is 1. The molecule has 0 saturated carbocycles. The summed E-state index contributed by atoms with van der Waals surface area (Å²) in [7, 11) is 3.67. The molecule has 0 bridgehead atoms. The van der Waals surface area contributed by atoms with Crippen LogP contribution in [0.1, 0.15) is 54.5 Å². The molecule has 1 unspecified atom stereocenters. The maximum atomic E-state index is 13.6. The number of piperidine rings is 1. The Balaban J connectivity index is 2.32. The van der Waals surface area contributed by atoms with E-state index in [1.807, 2.05) is 19.0 Å². The third kappa shape index (κ3) is 5.22. The van der Waals surface area contributed by atoms with Crippen LogP contribution in [0.4, 0.5) is 13.2 Å². The topological polar surface area (TPSA) is 53.4 Å². The van der Waals surface area contributed by atoms with Crippen LogP contribution in [-0.4, -0.2) is 71.8 Å². The molecule has 1 aromatic heterocycles. The number of likely N-dealkylation sites (tertiary alicyclic amines) is 1. The van der Waals surface area contributed by atoms with E-state index in [4.69, 9.17) is 0 Å². The Morgan fingerprint density at radius 3 is 2.59 bits per heavy atom. The number of hydrogen-bond acceptors (Lipinski definition) is 4. The lowest BCUT2D eigenvalue weighted by Gasteiger charge is -2.35. The summed E-state index contributed by atoms with van der Waals surface area (Å²) in [6.07, 6.45) is -3.02. The summed E-state index contributed by atoms with van der Waals surface area (Å²) < 4.78 is 42.1. The predicted octanol–water partition coefficient (Wildman–Crippen LogP) is 2.55. The zero-order valence-electron chi connectivity index (χ0n) is 16.7. The van der Waals surface area contributed by atoms with E-state index in [9.17, 15) is 18.0 Å². The number of halogens is 3. The van der Waals surface area contributed by atoms with Crippen molar-refractivity contribution in [3.63, 3.8) is 0 Å². The van der Waals surface area contributed by atoms with Gasteiger partial charge in [-0.05, 0) is 54.3 Å². The fraction of sp³-hybridized carbons (Fsp3) is 0.778. The van der Waals surface area contributed by atoms with E-state index in [1.54, 1.807) is 6.92 Å². The molecule has 1 amide bonds. The van der Waals surface area contributed by atoms with E-state index in [0.29, 0.717) is 19.1 Å². The number of hydrogen-bond donors (Lipinski definition) is 1. The van der Waals surface area contributed by atoms with Crippen LogP contribution < -0.4 is 5.32 Å². The Bertz CT molecular complexity index is 654. The first-order valence-electron chi connectivity index (χ1n) is 9.35. The summed E-state index contributed by atoms with van der Waals surface area (Å²) in [6.45, 7) is 8.09. The molecule has 1 fully saturated rings. The van der Waals surface area contributed by atoms with Crippen molar-refractivity contribution in [1.29, 1.82) is 0 Å². The first-order valence-corrected chi connectivity index (χ1v) is 9.35. The van der Waals surface area contributed by atoms with Crippen molar-refractivity contribution < 1.29 is 18.0 Å². The second kappa shape index (κ2) is 8.60. The molecule has 6 nitrogen and oxygen atoms in total. The zero-order valence-corrected chi connectivity index (χ0v) is 16.7. The second-order valence-electron chi connectivity index (χ2n) is 7.70. The maximum Gasteiger partial charge on any atom is 0.435 e. The number of aromatic nitrogens is 2. The van der Waals surface area contributed by atoms with E-state index >= 15 is 0 Å². The third-order valence-electron chi connectivity index (χ3n) is 4.99. The zero-order chi connectivity index (χ0) is 20.4. The summed E-state index contributed by atoms with van der Waals surface area (Å²) in [5.74, 6) is -0.718. The third-order valence-corrected chi connectivity index (χ3v) is 4.99. The number of carbonyl (C=O) groups excluding carboxylic acids is 1. The SMILES string of the molecule is Cc1c(C(=O)NCCN(C)C)c(C(F)(F)F)nn1C1CCCN(C(C)C)C1. The smallest absolute Gasteiger partial charge is 0.351 e. The number of nitrogens with zero attached hydrogens (tertiary/aromatic N) is 4. The predicted molar refractivity (Wildman–Crippen MR) is 97.8 cm³/mol. The van der Waals surface area contributed by atoms with E-state index in [2.05, 4.69) is 29.2 Å². The average molecular weight is 389 g/mol. The lowest BCUT2D eigenvalue weighted by atomic mass is 10.0. The van der Waals surface area contributed by atoms with Crippen LogP contribution in [0.3, 0.4) is 0 Å². The molecule has 154 valence electrons. The molecule has 0 aromatic carbocycles. The quantitative estimate of drug-likeness (QED) is 0.813. The van der Waals surface area contributed by atoms with E-state index < -0.39 is 17.8 Å². The van der Waals surface area contributed by atoms with Crippen LogP contribution in [0.5, 0.6) is 0 Å². The molecule has 2 heterocycles. The minimum atomic E-state index is -4.67. The fourth-order valence-corrected chi connectivity index (χ4v) is 3.48. The monoisotopic (exact) mass is 389 g/mol. The van der Waals surface area contributed by atoms with Gasteiger partial charge in [0.15, 0.2) is 5.69 Å². The lowest BCUT2D eigenvalue weighted by molar-refractivity contribution is -0.142. The van der Waals surface area contributed by atoms with Crippen molar-refractivity contribution in [3.05, 3.63) is 17.0 Å². The molecule has 2 rings (SSSR count). The van der Waals surface area contributed by atoms with Crippen molar-refractivity contribution in [2.45, 2.75) is 51.9 Å². The molecule has 1 aliphatic heterocycles. The van der Waals surface area contributed by atoms with Gasteiger partial charge in [-0.15, -0.1) is 0 Å². The van der Waals surface area contributed by atoms with Crippen LogP contribution in [0.2, 0.25) is 0 Å². The lowest BCUT2D eigenvalue weighted by Crippen LogP contribution is -2.41. The van der Waals surface area contributed by atoms with E-state index in [-0.39, 0.29) is 23.8 Å². The number of nitrogens with one attached hydrogen (secondary N) is 1. The second-order valence-corrected chi connectivity index (χ2v) is 7.70. The standard InChI is InChI=1S/C18H30F3N5O/c1-12(2)25-9-6-7-14(11-25)26-13(3)15(16(23-26)18(19,20)21)17(27)22-8-10-24(4)5/h12,14H,6-11H2,1-5H3,(H,22,27). The van der Waals surface area contributed by atoms with Crippen LogP contribution in [0.25, 0.3) is 0 Å². The van der Waals surface area contributed by atoms with Crippen molar-refractivity contribution in [2.75, 3.05) is 40.3 Å². The van der Waals surface area contributed by atoms with Crippen molar-refractivity contribution in [3.8, 4) is 0 Å². The summed E-state index contributed by atoms with van der Waals surface area (Å²) in [5.41, 5.74) is -1.17. The summed E-state index contributed by atoms with van der Waals surface area (Å²) in [5, 5.41) is 6.44. The number of amides is 1. The summed E-state index contributed by atoms with van der Waals surface area (Å²) >= 11 is 0. The molecule has 1 saturated heterocycles. The Hall–Kier alpha value is -1.61. The molecular weight excluding hydrogens is 359 g/mol. The number of likely N-dealkylation sites (N-methyl/N-ethyl adjacent to an activating group) is 1. The van der Waals surface area contributed by atoms with E-state index in [1.165, 1.54) is 4.68 Å². The maximum absolute atomic E-state index is 13.6. The van der Waals surface area contributed by atoms with Gasteiger partial charge in [0.1, 0.15) is 0 Å². The van der Waals surface area contributed by atoms with Gasteiger partial charge in [-0.25, -0.2) is 0 Å². The van der Waals surface area contributed by atoms with Crippen LogP contribution in [0.15, 0.2) is 0 Å². The molecule has 1 atom stereocenters. The van der Waals surface area contributed by atoms with Gasteiger partial charge in [-0.3, -0.25) is 14.4 Å². The van der Waals surface area contributed by atoms with Crippen molar-refractivity contribution >= 4 is 5.91 Å². The Morgan fingerprint density at radius 1 is 1.37 bits per heavy atom. The molecule has 0 radical (unpaired) electrons. The van der Waals surface area contributed by atoms with Crippen LogP contribution in [-0.2, 0) is 6.18 Å². The van der Waals surface area contributed by atoms with Crippen LogP contribution >= 0.6 is 0 Å². The molecular formula is C18H30F3N5O. The molecule has 0 aliphatic carbocycles. The highest BCUT2D eigenvalue weighted by Gasteiger charge is 2.41. The Morgan fingerprint density at radius 2 is 2.04 bits per heavy atom. The minimum Gasteiger partial charge on any atom is -0.351 e.